The molecule has 0 saturated carbocycles. The zero-order chi connectivity index (χ0) is 23.7. The number of pyridine rings is 1. The van der Waals surface area contributed by atoms with Crippen molar-refractivity contribution in [3.05, 3.63) is 80.3 Å². The van der Waals surface area contributed by atoms with Crippen LogP contribution in [0.4, 0.5) is 0 Å². The Morgan fingerprint density at radius 1 is 1.18 bits per heavy atom. The number of carbonyl (C=O) groups excluding carboxylic acids is 2. The molecule has 34 heavy (non-hydrogen) atoms. The lowest BCUT2D eigenvalue weighted by molar-refractivity contribution is 0.0592. The van der Waals surface area contributed by atoms with E-state index < -0.39 is 5.97 Å². The third-order valence-electron chi connectivity index (χ3n) is 5.68. The van der Waals surface area contributed by atoms with Gasteiger partial charge in [-0.3, -0.25) is 9.59 Å². The number of hydrogen-bond acceptors (Lipinski definition) is 8. The van der Waals surface area contributed by atoms with E-state index in [9.17, 15) is 14.4 Å². The first-order valence-electron chi connectivity index (χ1n) is 10.6. The van der Waals surface area contributed by atoms with Gasteiger partial charge in [0.2, 0.25) is 0 Å². The molecule has 10 nitrogen and oxygen atoms in total. The summed E-state index contributed by atoms with van der Waals surface area (Å²) < 4.78 is 13.9. The molecule has 0 aliphatic carbocycles. The Hall–Kier alpha value is -3.99. The molecule has 0 atom stereocenters. The summed E-state index contributed by atoms with van der Waals surface area (Å²) in [4.78, 5) is 45.6. The Morgan fingerprint density at radius 2 is 2.06 bits per heavy atom. The molecule has 0 radical (unpaired) electrons. The van der Waals surface area contributed by atoms with Crippen LogP contribution in [0.15, 0.2) is 52.9 Å². The number of thiophene rings is 1. The molecule has 5 rings (SSSR count). The highest BCUT2D eigenvalue weighted by Gasteiger charge is 2.28. The van der Waals surface area contributed by atoms with Crippen molar-refractivity contribution in [2.75, 3.05) is 20.2 Å². The molecule has 0 aromatic carbocycles. The van der Waals surface area contributed by atoms with Gasteiger partial charge >= 0.3 is 5.97 Å². The number of ether oxygens (including phenoxy) is 2. The molecule has 1 amide bonds. The monoisotopic (exact) mass is 479 g/mol. The molecular weight excluding hydrogens is 458 g/mol. The van der Waals surface area contributed by atoms with Crippen molar-refractivity contribution in [3.63, 3.8) is 0 Å². The van der Waals surface area contributed by atoms with Crippen LogP contribution in [0.5, 0.6) is 5.75 Å². The van der Waals surface area contributed by atoms with Crippen LogP contribution in [0.3, 0.4) is 0 Å². The molecule has 0 N–H and O–H groups in total. The molecule has 5 heterocycles. The minimum atomic E-state index is -0.587. The highest BCUT2D eigenvalue weighted by molar-refractivity contribution is 7.09. The van der Waals surface area contributed by atoms with Crippen molar-refractivity contribution >= 4 is 28.9 Å². The number of hydrogen-bond donors (Lipinski definition) is 0. The Balaban J connectivity index is 1.44. The molecule has 0 bridgehead atoms. The molecule has 4 aromatic heterocycles. The summed E-state index contributed by atoms with van der Waals surface area (Å²) in [5.74, 6) is -0.668. The predicted molar refractivity (Wildman–Crippen MR) is 123 cm³/mol. The van der Waals surface area contributed by atoms with Crippen molar-refractivity contribution in [1.82, 2.24) is 24.1 Å². The fourth-order valence-electron chi connectivity index (χ4n) is 4.03. The van der Waals surface area contributed by atoms with E-state index in [-0.39, 0.29) is 48.0 Å². The summed E-state index contributed by atoms with van der Waals surface area (Å²) in [6.07, 6.45) is 3.64. The van der Waals surface area contributed by atoms with Gasteiger partial charge < -0.3 is 18.9 Å². The lowest BCUT2D eigenvalue weighted by Crippen LogP contribution is -2.34. The second-order valence-electron chi connectivity index (χ2n) is 7.67. The first kappa shape index (κ1) is 21.8. The van der Waals surface area contributed by atoms with Gasteiger partial charge in [0.15, 0.2) is 11.3 Å². The maximum Gasteiger partial charge on any atom is 0.343 e. The van der Waals surface area contributed by atoms with E-state index in [1.807, 2.05) is 17.5 Å². The smallest absolute Gasteiger partial charge is 0.343 e. The summed E-state index contributed by atoms with van der Waals surface area (Å²) in [5.41, 5.74) is 1.25. The molecule has 0 spiro atoms. The lowest BCUT2D eigenvalue weighted by atomic mass is 10.1. The Bertz CT molecular complexity index is 1390. The number of carbonyl (C=O) groups is 2. The van der Waals surface area contributed by atoms with Gasteiger partial charge in [-0.05, 0) is 17.5 Å². The fraction of sp³-hybridized carbons (Fsp3) is 0.261. The predicted octanol–water partition coefficient (Wildman–Crippen LogP) is 2.02. The maximum absolute atomic E-state index is 13.2. The van der Waals surface area contributed by atoms with E-state index in [1.165, 1.54) is 33.6 Å². The number of aromatic nitrogens is 4. The number of methoxy groups -OCH3 is 1. The first-order chi connectivity index (χ1) is 16.5. The zero-order valence-corrected chi connectivity index (χ0v) is 19.2. The van der Waals surface area contributed by atoms with E-state index in [4.69, 9.17) is 9.47 Å². The van der Waals surface area contributed by atoms with Crippen molar-refractivity contribution in [3.8, 4) is 5.75 Å². The van der Waals surface area contributed by atoms with Crippen molar-refractivity contribution in [2.45, 2.75) is 19.6 Å². The summed E-state index contributed by atoms with van der Waals surface area (Å²) in [6, 6.07) is 8.49. The molecular formula is C23H21N5O5S. The third kappa shape index (κ3) is 4.05. The molecule has 11 heteroatoms. The van der Waals surface area contributed by atoms with Gasteiger partial charge in [0.05, 0.1) is 7.11 Å². The number of fused-ring (bicyclic) bond motifs is 2. The maximum atomic E-state index is 13.2. The molecule has 174 valence electrons. The zero-order valence-electron chi connectivity index (χ0n) is 18.3. The van der Waals surface area contributed by atoms with E-state index in [1.54, 1.807) is 29.4 Å². The van der Waals surface area contributed by atoms with Gasteiger partial charge in [-0.25, -0.2) is 14.3 Å². The van der Waals surface area contributed by atoms with Crippen molar-refractivity contribution in [2.24, 2.45) is 0 Å². The Kier molecular flexibility index (Phi) is 5.84. The Morgan fingerprint density at radius 3 is 2.82 bits per heavy atom. The summed E-state index contributed by atoms with van der Waals surface area (Å²) in [6.45, 7) is 1.07. The molecule has 0 unspecified atom stereocenters. The van der Waals surface area contributed by atoms with Crippen LogP contribution in [0.25, 0.3) is 5.65 Å². The largest absolute Gasteiger partial charge is 0.487 e. The molecule has 1 aliphatic rings. The van der Waals surface area contributed by atoms with Crippen LogP contribution in [-0.2, 0) is 24.3 Å². The average molecular weight is 480 g/mol. The van der Waals surface area contributed by atoms with E-state index in [0.29, 0.717) is 24.4 Å². The van der Waals surface area contributed by atoms with E-state index in [0.717, 1.165) is 4.88 Å². The fourth-order valence-corrected chi connectivity index (χ4v) is 4.64. The van der Waals surface area contributed by atoms with Gasteiger partial charge in [0, 0.05) is 61.2 Å². The van der Waals surface area contributed by atoms with Gasteiger partial charge in [0.1, 0.15) is 17.9 Å². The van der Waals surface area contributed by atoms with Crippen molar-refractivity contribution < 1.29 is 19.1 Å². The molecule has 4 aromatic rings. The SMILES string of the molecule is COC(=O)c1c(OCc2cccs2)cc(=O)n2c1CCN(C(=O)c1cc3ncccn3n1)CC2. The minimum Gasteiger partial charge on any atom is -0.487 e. The number of nitrogens with zero attached hydrogens (tertiary/aromatic N) is 5. The quantitative estimate of drug-likeness (QED) is 0.403. The van der Waals surface area contributed by atoms with Crippen LogP contribution in [0.1, 0.15) is 31.4 Å². The van der Waals surface area contributed by atoms with E-state index >= 15 is 0 Å². The van der Waals surface area contributed by atoms with Gasteiger partial charge in [0.25, 0.3) is 11.5 Å². The Labute approximate surface area is 198 Å². The number of rotatable bonds is 5. The highest BCUT2D eigenvalue weighted by atomic mass is 32.1. The third-order valence-corrected chi connectivity index (χ3v) is 6.53. The lowest BCUT2D eigenvalue weighted by Gasteiger charge is -2.18. The van der Waals surface area contributed by atoms with Crippen LogP contribution in [0.2, 0.25) is 0 Å². The van der Waals surface area contributed by atoms with Crippen LogP contribution < -0.4 is 10.3 Å². The average Bonchev–Trinajstić information content (AvgIpc) is 3.47. The van der Waals surface area contributed by atoms with Crippen molar-refractivity contribution in [1.29, 1.82) is 0 Å². The molecule has 1 aliphatic heterocycles. The first-order valence-corrected chi connectivity index (χ1v) is 11.5. The second kappa shape index (κ2) is 9.10. The normalized spacial score (nSPS) is 13.4. The minimum absolute atomic E-state index is 0.183. The van der Waals surface area contributed by atoms with Crippen LogP contribution in [0, 0.1) is 0 Å². The second-order valence-corrected chi connectivity index (χ2v) is 8.71. The highest BCUT2D eigenvalue weighted by Crippen LogP contribution is 2.26. The summed E-state index contributed by atoms with van der Waals surface area (Å²) in [7, 11) is 1.29. The number of amides is 1. The van der Waals surface area contributed by atoms with Crippen LogP contribution >= 0.6 is 11.3 Å². The molecule has 0 fully saturated rings. The molecule has 0 saturated heterocycles. The summed E-state index contributed by atoms with van der Waals surface area (Å²) in [5, 5.41) is 6.24. The van der Waals surface area contributed by atoms with Gasteiger partial charge in [-0.1, -0.05) is 6.07 Å². The van der Waals surface area contributed by atoms with Crippen LogP contribution in [-0.4, -0.2) is 56.1 Å². The topological polar surface area (TPSA) is 108 Å². The summed E-state index contributed by atoms with van der Waals surface area (Å²) >= 11 is 1.52. The number of esters is 1. The standard InChI is InChI=1S/C23H21N5O5S/c1-32-23(31)21-17-5-8-26(22(30)16-12-19-24-6-3-7-28(19)25-16)9-10-27(17)20(29)13-18(21)33-14-15-4-2-11-34-15/h2-4,6-7,11-13H,5,8-10,14H2,1H3. The van der Waals surface area contributed by atoms with Gasteiger partial charge in [-0.15, -0.1) is 11.3 Å². The van der Waals surface area contributed by atoms with Gasteiger partial charge in [-0.2, -0.15) is 5.10 Å². The van der Waals surface area contributed by atoms with E-state index in [2.05, 4.69) is 10.1 Å².